The van der Waals surface area contributed by atoms with Crippen molar-refractivity contribution in [3.8, 4) is 0 Å². The highest BCUT2D eigenvalue weighted by atomic mass is 32.1. The molecule has 0 radical (unpaired) electrons. The Hall–Kier alpha value is -1.68. The lowest BCUT2D eigenvalue weighted by Crippen LogP contribution is -2.10. The molecule has 1 N–H and O–H groups in total. The number of aliphatic carboxylic acids is 1. The monoisotopic (exact) mass is 287 g/mol. The molecule has 20 heavy (non-hydrogen) atoms. The third kappa shape index (κ3) is 2.75. The van der Waals surface area contributed by atoms with Crippen molar-refractivity contribution in [2.75, 3.05) is 0 Å². The van der Waals surface area contributed by atoms with Crippen molar-refractivity contribution in [2.45, 2.75) is 38.0 Å². The third-order valence-corrected chi connectivity index (χ3v) is 4.84. The van der Waals surface area contributed by atoms with E-state index in [-0.39, 0.29) is 6.42 Å². The predicted octanol–water partition coefficient (Wildman–Crippen LogP) is 3.63. The molecule has 0 fully saturated rings. The first-order valence-corrected chi connectivity index (χ1v) is 7.86. The maximum absolute atomic E-state index is 10.6. The maximum atomic E-state index is 10.6. The number of carboxylic acids is 1. The number of aromatic nitrogens is 1. The van der Waals surface area contributed by atoms with Crippen LogP contribution in [0.15, 0.2) is 29.6 Å². The van der Waals surface area contributed by atoms with Crippen LogP contribution in [-0.2, 0) is 17.6 Å². The van der Waals surface area contributed by atoms with Crippen LogP contribution >= 0.6 is 11.3 Å². The standard InChI is InChI=1S/C16H17NO2S/c18-15(19)9-8-12-10-20-16(17-12)14-7-3-5-11-4-1-2-6-13(11)14/h1-2,4,6,10,14H,3,5,7-9H2,(H,18,19). The molecule has 1 unspecified atom stereocenters. The maximum Gasteiger partial charge on any atom is 0.303 e. The average Bonchev–Trinajstić information content (AvgIpc) is 2.93. The fourth-order valence-corrected chi connectivity index (χ4v) is 3.85. The molecule has 0 spiro atoms. The van der Waals surface area contributed by atoms with Crippen LogP contribution in [-0.4, -0.2) is 16.1 Å². The number of rotatable bonds is 4. The summed E-state index contributed by atoms with van der Waals surface area (Å²) in [6.07, 6.45) is 4.18. The van der Waals surface area contributed by atoms with E-state index in [2.05, 4.69) is 29.2 Å². The Kier molecular flexibility index (Phi) is 3.83. The van der Waals surface area contributed by atoms with Gasteiger partial charge in [-0.2, -0.15) is 0 Å². The van der Waals surface area contributed by atoms with Crippen molar-refractivity contribution in [1.82, 2.24) is 4.98 Å². The number of hydrogen-bond donors (Lipinski definition) is 1. The summed E-state index contributed by atoms with van der Waals surface area (Å²) >= 11 is 1.67. The number of carbonyl (C=O) groups is 1. The second kappa shape index (κ2) is 5.75. The van der Waals surface area contributed by atoms with Gasteiger partial charge in [0.1, 0.15) is 5.01 Å². The second-order valence-corrected chi connectivity index (χ2v) is 6.10. The molecule has 4 heteroatoms. The van der Waals surface area contributed by atoms with E-state index in [9.17, 15) is 4.79 Å². The van der Waals surface area contributed by atoms with E-state index in [1.807, 2.05) is 5.38 Å². The van der Waals surface area contributed by atoms with Crippen molar-refractivity contribution in [2.24, 2.45) is 0 Å². The number of thiazole rings is 1. The smallest absolute Gasteiger partial charge is 0.303 e. The molecule has 3 rings (SSSR count). The van der Waals surface area contributed by atoms with Gasteiger partial charge in [-0.3, -0.25) is 4.79 Å². The normalized spacial score (nSPS) is 17.7. The largest absolute Gasteiger partial charge is 0.481 e. The molecule has 0 bridgehead atoms. The minimum Gasteiger partial charge on any atom is -0.481 e. The topological polar surface area (TPSA) is 50.2 Å². The molecule has 104 valence electrons. The molecule has 1 aliphatic carbocycles. The SMILES string of the molecule is O=C(O)CCc1csc(C2CCCc3ccccc32)n1. The molecular weight excluding hydrogens is 270 g/mol. The van der Waals surface area contributed by atoms with Gasteiger partial charge in [0.05, 0.1) is 12.1 Å². The number of aryl methyl sites for hydroxylation is 2. The van der Waals surface area contributed by atoms with Crippen LogP contribution in [0, 0.1) is 0 Å². The first-order valence-electron chi connectivity index (χ1n) is 6.98. The number of carboxylic acid groups (broad SMARTS) is 1. The number of hydrogen-bond acceptors (Lipinski definition) is 3. The van der Waals surface area contributed by atoms with E-state index in [0.717, 1.165) is 23.5 Å². The van der Waals surface area contributed by atoms with Gasteiger partial charge in [0.25, 0.3) is 0 Å². The van der Waals surface area contributed by atoms with Crippen LogP contribution in [0.1, 0.15) is 47.0 Å². The number of nitrogens with zero attached hydrogens (tertiary/aromatic N) is 1. The Labute approximate surface area is 122 Å². The summed E-state index contributed by atoms with van der Waals surface area (Å²) < 4.78 is 0. The molecule has 0 amide bonds. The summed E-state index contributed by atoms with van der Waals surface area (Å²) in [6.45, 7) is 0. The van der Waals surface area contributed by atoms with Gasteiger partial charge in [0.15, 0.2) is 0 Å². The zero-order valence-electron chi connectivity index (χ0n) is 11.2. The summed E-state index contributed by atoms with van der Waals surface area (Å²) in [5.41, 5.74) is 3.75. The lowest BCUT2D eigenvalue weighted by atomic mass is 9.83. The van der Waals surface area contributed by atoms with Crippen LogP contribution in [0.3, 0.4) is 0 Å². The molecule has 3 nitrogen and oxygen atoms in total. The fraction of sp³-hybridized carbons (Fsp3) is 0.375. The van der Waals surface area contributed by atoms with Crippen LogP contribution in [0.2, 0.25) is 0 Å². The summed E-state index contributed by atoms with van der Waals surface area (Å²) in [6, 6.07) is 8.61. The molecule has 2 aromatic rings. The van der Waals surface area contributed by atoms with E-state index in [1.165, 1.54) is 17.5 Å². The Morgan fingerprint density at radius 1 is 1.40 bits per heavy atom. The summed E-state index contributed by atoms with van der Waals surface area (Å²) in [7, 11) is 0. The molecule has 0 saturated carbocycles. The first kappa shape index (κ1) is 13.3. The quantitative estimate of drug-likeness (QED) is 0.934. The number of fused-ring (bicyclic) bond motifs is 1. The van der Waals surface area contributed by atoms with Crippen molar-refractivity contribution in [3.63, 3.8) is 0 Å². The zero-order valence-corrected chi connectivity index (χ0v) is 12.0. The van der Waals surface area contributed by atoms with Crippen LogP contribution < -0.4 is 0 Å². The van der Waals surface area contributed by atoms with Crippen LogP contribution in [0.25, 0.3) is 0 Å². The summed E-state index contributed by atoms with van der Waals surface area (Å²) in [5, 5.41) is 11.9. The molecule has 0 saturated heterocycles. The van der Waals surface area contributed by atoms with Gasteiger partial charge in [-0.1, -0.05) is 24.3 Å². The van der Waals surface area contributed by atoms with Gasteiger partial charge in [-0.25, -0.2) is 4.98 Å². The minimum absolute atomic E-state index is 0.157. The van der Waals surface area contributed by atoms with Gasteiger partial charge >= 0.3 is 5.97 Å². The van der Waals surface area contributed by atoms with Crippen molar-refractivity contribution in [3.05, 3.63) is 51.5 Å². The van der Waals surface area contributed by atoms with Gasteiger partial charge in [0.2, 0.25) is 0 Å². The lowest BCUT2D eigenvalue weighted by molar-refractivity contribution is -0.136. The Balaban J connectivity index is 1.82. The highest BCUT2D eigenvalue weighted by Crippen LogP contribution is 2.37. The molecule has 0 aliphatic heterocycles. The van der Waals surface area contributed by atoms with Gasteiger partial charge in [-0.15, -0.1) is 11.3 Å². The Morgan fingerprint density at radius 2 is 2.25 bits per heavy atom. The lowest BCUT2D eigenvalue weighted by Gasteiger charge is -2.23. The van der Waals surface area contributed by atoms with Crippen LogP contribution in [0.4, 0.5) is 0 Å². The third-order valence-electron chi connectivity index (χ3n) is 3.83. The van der Waals surface area contributed by atoms with E-state index < -0.39 is 5.97 Å². The molecule has 1 aromatic carbocycles. The van der Waals surface area contributed by atoms with Gasteiger partial charge < -0.3 is 5.11 Å². The summed E-state index contributed by atoms with van der Waals surface area (Å²) in [4.78, 5) is 15.3. The first-order chi connectivity index (χ1) is 9.74. The molecular formula is C16H17NO2S. The van der Waals surface area contributed by atoms with E-state index in [1.54, 1.807) is 11.3 Å². The van der Waals surface area contributed by atoms with Gasteiger partial charge in [-0.05, 0) is 30.4 Å². The van der Waals surface area contributed by atoms with E-state index in [4.69, 9.17) is 5.11 Å². The van der Waals surface area contributed by atoms with Crippen molar-refractivity contribution >= 4 is 17.3 Å². The highest BCUT2D eigenvalue weighted by Gasteiger charge is 2.23. The van der Waals surface area contributed by atoms with Crippen molar-refractivity contribution < 1.29 is 9.90 Å². The Morgan fingerprint density at radius 3 is 3.10 bits per heavy atom. The average molecular weight is 287 g/mol. The second-order valence-electron chi connectivity index (χ2n) is 5.21. The highest BCUT2D eigenvalue weighted by molar-refractivity contribution is 7.09. The van der Waals surface area contributed by atoms with Gasteiger partial charge in [0, 0.05) is 17.7 Å². The molecule has 1 atom stereocenters. The summed E-state index contributed by atoms with van der Waals surface area (Å²) in [5.74, 6) is -0.369. The van der Waals surface area contributed by atoms with E-state index in [0.29, 0.717) is 12.3 Å². The molecule has 1 aromatic heterocycles. The van der Waals surface area contributed by atoms with Crippen LogP contribution in [0.5, 0.6) is 0 Å². The van der Waals surface area contributed by atoms with Crippen molar-refractivity contribution in [1.29, 1.82) is 0 Å². The Bertz CT molecular complexity index is 620. The number of benzene rings is 1. The molecule has 1 heterocycles. The zero-order chi connectivity index (χ0) is 13.9. The molecule has 1 aliphatic rings. The van der Waals surface area contributed by atoms with E-state index >= 15 is 0 Å². The minimum atomic E-state index is -0.762. The fourth-order valence-electron chi connectivity index (χ4n) is 2.84. The predicted molar refractivity (Wildman–Crippen MR) is 79.3 cm³/mol.